The Kier molecular flexibility index (Phi) is 5.56. The minimum Gasteiger partial charge on any atom is -0.373 e. The topological polar surface area (TPSA) is 72.4 Å². The van der Waals surface area contributed by atoms with Crippen LogP contribution in [0.25, 0.3) is 0 Å². The van der Waals surface area contributed by atoms with Crippen LogP contribution in [0.5, 0.6) is 0 Å². The molecular weight excluding hydrogens is 306 g/mol. The molecule has 1 aromatic heterocycles. The van der Waals surface area contributed by atoms with Crippen LogP contribution in [0, 0.1) is 0 Å². The molecule has 2 amide bonds. The van der Waals surface area contributed by atoms with Gasteiger partial charge in [0.2, 0.25) is 0 Å². The molecule has 0 aliphatic heterocycles. The molecule has 0 aromatic carbocycles. The molecule has 1 aromatic rings. The summed E-state index contributed by atoms with van der Waals surface area (Å²) in [6.07, 6.45) is 11.0. The van der Waals surface area contributed by atoms with Crippen molar-refractivity contribution in [1.29, 1.82) is 0 Å². The van der Waals surface area contributed by atoms with E-state index < -0.39 is 0 Å². The zero-order chi connectivity index (χ0) is 16.9. The number of carbonyl (C=O) groups is 1. The lowest BCUT2D eigenvalue weighted by Gasteiger charge is -2.34. The van der Waals surface area contributed by atoms with Crippen LogP contribution in [-0.4, -0.2) is 28.8 Å². The zero-order valence-corrected chi connectivity index (χ0v) is 14.3. The van der Waals surface area contributed by atoms with Crippen LogP contribution >= 0.6 is 0 Å². The van der Waals surface area contributed by atoms with Gasteiger partial charge in [0.05, 0.1) is 18.2 Å². The number of nitrogens with zero attached hydrogens (tertiary/aromatic N) is 1. The van der Waals surface area contributed by atoms with E-state index in [1.54, 1.807) is 25.4 Å². The highest BCUT2D eigenvalue weighted by Crippen LogP contribution is 2.28. The Labute approximate surface area is 142 Å². The van der Waals surface area contributed by atoms with Crippen LogP contribution in [0.4, 0.5) is 10.5 Å². The number of carbonyl (C=O) groups excluding carboxylic acids is 1. The molecule has 2 aliphatic carbocycles. The summed E-state index contributed by atoms with van der Waals surface area (Å²) in [5.74, 6) is 0. The van der Waals surface area contributed by atoms with E-state index in [0.717, 1.165) is 38.5 Å². The number of rotatable bonds is 4. The molecule has 3 rings (SSSR count). The first-order valence-corrected chi connectivity index (χ1v) is 9.02. The Bertz CT molecular complexity index is 622. The SMILES string of the molecule is Cn1cccc(NC(=O)N[C@@H]2CCCC[C@@H]2OC2CCCC2)c1=O. The van der Waals surface area contributed by atoms with Gasteiger partial charge in [0.1, 0.15) is 5.69 Å². The Balaban J connectivity index is 1.58. The summed E-state index contributed by atoms with van der Waals surface area (Å²) in [5, 5.41) is 5.69. The second kappa shape index (κ2) is 7.83. The molecule has 0 spiro atoms. The molecule has 2 fully saturated rings. The van der Waals surface area contributed by atoms with Crippen LogP contribution in [0.2, 0.25) is 0 Å². The van der Waals surface area contributed by atoms with Gasteiger partial charge < -0.3 is 19.9 Å². The minimum absolute atomic E-state index is 0.0203. The summed E-state index contributed by atoms with van der Waals surface area (Å²) in [6.45, 7) is 0. The van der Waals surface area contributed by atoms with Gasteiger partial charge in [0.15, 0.2) is 0 Å². The second-order valence-corrected chi connectivity index (χ2v) is 6.91. The maximum Gasteiger partial charge on any atom is 0.319 e. The fourth-order valence-electron chi connectivity index (χ4n) is 3.72. The van der Waals surface area contributed by atoms with Gasteiger partial charge in [-0.3, -0.25) is 4.79 Å². The third kappa shape index (κ3) is 4.17. The largest absolute Gasteiger partial charge is 0.373 e. The number of amides is 2. The van der Waals surface area contributed by atoms with Crippen LogP contribution < -0.4 is 16.2 Å². The first-order valence-electron chi connectivity index (χ1n) is 9.02. The van der Waals surface area contributed by atoms with Gasteiger partial charge in [-0.15, -0.1) is 0 Å². The second-order valence-electron chi connectivity index (χ2n) is 6.91. The highest BCUT2D eigenvalue weighted by atomic mass is 16.5. The van der Waals surface area contributed by atoms with Crippen molar-refractivity contribution in [3.63, 3.8) is 0 Å². The van der Waals surface area contributed by atoms with Gasteiger partial charge >= 0.3 is 6.03 Å². The van der Waals surface area contributed by atoms with E-state index in [-0.39, 0.29) is 23.7 Å². The summed E-state index contributed by atoms with van der Waals surface area (Å²) in [6, 6.07) is 3.05. The highest BCUT2D eigenvalue weighted by molar-refractivity contribution is 5.89. The molecular formula is C18H27N3O3. The molecule has 6 nitrogen and oxygen atoms in total. The number of pyridine rings is 1. The number of aryl methyl sites for hydroxylation is 1. The fourth-order valence-corrected chi connectivity index (χ4v) is 3.72. The molecule has 0 unspecified atom stereocenters. The molecule has 132 valence electrons. The lowest BCUT2D eigenvalue weighted by Crippen LogP contribution is -2.49. The summed E-state index contributed by atoms with van der Waals surface area (Å²) < 4.78 is 7.70. The van der Waals surface area contributed by atoms with Gasteiger partial charge in [-0.1, -0.05) is 25.7 Å². The van der Waals surface area contributed by atoms with Crippen molar-refractivity contribution in [2.45, 2.75) is 69.6 Å². The lowest BCUT2D eigenvalue weighted by atomic mass is 9.92. The summed E-state index contributed by atoms with van der Waals surface area (Å²) in [7, 11) is 1.66. The third-order valence-corrected chi connectivity index (χ3v) is 5.06. The minimum atomic E-state index is -0.328. The predicted octanol–water partition coefficient (Wildman–Crippen LogP) is 2.78. The van der Waals surface area contributed by atoms with E-state index in [4.69, 9.17) is 4.74 Å². The number of anilines is 1. The molecule has 2 N–H and O–H groups in total. The van der Waals surface area contributed by atoms with Crippen molar-refractivity contribution in [3.05, 3.63) is 28.7 Å². The van der Waals surface area contributed by atoms with E-state index in [9.17, 15) is 9.59 Å². The van der Waals surface area contributed by atoms with Crippen LogP contribution in [-0.2, 0) is 11.8 Å². The molecule has 0 radical (unpaired) electrons. The van der Waals surface area contributed by atoms with Gasteiger partial charge in [0.25, 0.3) is 5.56 Å². The molecule has 2 atom stereocenters. The lowest BCUT2D eigenvalue weighted by molar-refractivity contribution is -0.0407. The van der Waals surface area contributed by atoms with E-state index in [2.05, 4.69) is 10.6 Å². The smallest absolute Gasteiger partial charge is 0.319 e. The summed E-state index contributed by atoms with van der Waals surface area (Å²) in [5.41, 5.74) is 0.0802. The number of hydrogen-bond donors (Lipinski definition) is 2. The zero-order valence-electron chi connectivity index (χ0n) is 14.3. The first kappa shape index (κ1) is 17.0. The Morgan fingerprint density at radius 3 is 2.67 bits per heavy atom. The average molecular weight is 333 g/mol. The Morgan fingerprint density at radius 1 is 1.17 bits per heavy atom. The van der Waals surface area contributed by atoms with Gasteiger partial charge in [-0.25, -0.2) is 4.79 Å². The number of aromatic nitrogens is 1. The number of ether oxygens (including phenoxy) is 1. The Morgan fingerprint density at radius 2 is 1.88 bits per heavy atom. The first-order chi connectivity index (χ1) is 11.6. The van der Waals surface area contributed by atoms with Crippen molar-refractivity contribution < 1.29 is 9.53 Å². The monoisotopic (exact) mass is 333 g/mol. The standard InChI is InChI=1S/C18H27N3O3/c1-21-12-6-10-15(17(21)22)20-18(23)19-14-9-4-5-11-16(14)24-13-7-2-3-8-13/h6,10,12-14,16H,2-5,7-9,11H2,1H3,(H2,19,20,23)/t14-,16+/m1/s1. The molecule has 2 aliphatic rings. The molecule has 6 heteroatoms. The van der Waals surface area contributed by atoms with E-state index in [1.165, 1.54) is 17.4 Å². The molecule has 0 bridgehead atoms. The third-order valence-electron chi connectivity index (χ3n) is 5.06. The van der Waals surface area contributed by atoms with E-state index in [1.807, 2.05) is 0 Å². The maximum absolute atomic E-state index is 12.3. The molecule has 0 saturated heterocycles. The normalized spacial score (nSPS) is 24.7. The van der Waals surface area contributed by atoms with Crippen LogP contribution in [0.15, 0.2) is 23.1 Å². The van der Waals surface area contributed by atoms with E-state index in [0.29, 0.717) is 11.8 Å². The van der Waals surface area contributed by atoms with Crippen LogP contribution in [0.1, 0.15) is 51.4 Å². The summed E-state index contributed by atoms with van der Waals surface area (Å²) >= 11 is 0. The summed E-state index contributed by atoms with van der Waals surface area (Å²) in [4.78, 5) is 24.3. The molecule has 1 heterocycles. The molecule has 24 heavy (non-hydrogen) atoms. The van der Waals surface area contributed by atoms with Crippen molar-refractivity contribution in [1.82, 2.24) is 9.88 Å². The fraction of sp³-hybridized carbons (Fsp3) is 0.667. The van der Waals surface area contributed by atoms with Crippen molar-refractivity contribution in [3.8, 4) is 0 Å². The van der Waals surface area contributed by atoms with Crippen molar-refractivity contribution in [2.75, 3.05) is 5.32 Å². The van der Waals surface area contributed by atoms with Gasteiger partial charge in [0, 0.05) is 13.2 Å². The highest BCUT2D eigenvalue weighted by Gasteiger charge is 2.30. The van der Waals surface area contributed by atoms with Gasteiger partial charge in [-0.2, -0.15) is 0 Å². The average Bonchev–Trinajstić information content (AvgIpc) is 3.07. The number of hydrogen-bond acceptors (Lipinski definition) is 3. The quantitative estimate of drug-likeness (QED) is 0.890. The number of urea groups is 1. The maximum atomic E-state index is 12.3. The Hall–Kier alpha value is -1.82. The van der Waals surface area contributed by atoms with E-state index >= 15 is 0 Å². The van der Waals surface area contributed by atoms with Crippen LogP contribution in [0.3, 0.4) is 0 Å². The van der Waals surface area contributed by atoms with Crippen molar-refractivity contribution >= 4 is 11.7 Å². The van der Waals surface area contributed by atoms with Gasteiger partial charge in [-0.05, 0) is 37.8 Å². The van der Waals surface area contributed by atoms with Crippen molar-refractivity contribution in [2.24, 2.45) is 7.05 Å². The number of nitrogens with one attached hydrogen (secondary N) is 2. The molecule has 2 saturated carbocycles. The predicted molar refractivity (Wildman–Crippen MR) is 93.2 cm³/mol.